The van der Waals surface area contributed by atoms with E-state index in [1.165, 1.54) is 0 Å². The number of aryl methyl sites for hydroxylation is 1. The molecule has 0 bridgehead atoms. The second-order valence-corrected chi connectivity index (χ2v) is 7.41. The molecule has 0 unspecified atom stereocenters. The van der Waals surface area contributed by atoms with Gasteiger partial charge in [0.1, 0.15) is 11.5 Å². The summed E-state index contributed by atoms with van der Waals surface area (Å²) in [4.78, 5) is 3.70. The number of rotatable bonds is 5. The lowest BCUT2D eigenvalue weighted by Crippen LogP contribution is -1.97. The maximum absolute atomic E-state index is 7.64. The Morgan fingerprint density at radius 2 is 1.53 bits per heavy atom. The third-order valence-corrected chi connectivity index (χ3v) is 5.34. The standard InChI is InChI=1S/C27H20N4O/c1-19-24(20-9-5-3-6-10-20)18-31-27(19)26(25(28-2)17-29-31)30-21-13-15-23(16-14-21)32-22-11-7-4-8-12-22/h3-18,30H,1H3. The molecule has 0 aliphatic carbocycles. The molecule has 5 aromatic rings. The van der Waals surface area contributed by atoms with E-state index in [1.54, 1.807) is 6.20 Å². The zero-order chi connectivity index (χ0) is 21.9. The second-order valence-electron chi connectivity index (χ2n) is 7.41. The highest BCUT2D eigenvalue weighted by atomic mass is 16.5. The molecule has 0 radical (unpaired) electrons. The van der Waals surface area contributed by atoms with Gasteiger partial charge in [-0.1, -0.05) is 48.5 Å². The van der Waals surface area contributed by atoms with Crippen LogP contribution < -0.4 is 10.1 Å². The number of nitrogens with one attached hydrogen (secondary N) is 1. The fraction of sp³-hybridized carbons (Fsp3) is 0.0370. The number of ether oxygens (including phenoxy) is 1. The lowest BCUT2D eigenvalue weighted by atomic mass is 10.0. The van der Waals surface area contributed by atoms with Gasteiger partial charge in [0.25, 0.3) is 0 Å². The topological polar surface area (TPSA) is 42.9 Å². The predicted molar refractivity (Wildman–Crippen MR) is 128 cm³/mol. The van der Waals surface area contributed by atoms with Crippen LogP contribution in [0.5, 0.6) is 11.5 Å². The molecular formula is C27H20N4O. The van der Waals surface area contributed by atoms with Gasteiger partial charge in [0.15, 0.2) is 0 Å². The molecule has 5 rings (SSSR count). The third-order valence-electron chi connectivity index (χ3n) is 5.34. The van der Waals surface area contributed by atoms with E-state index in [1.807, 2.05) is 83.5 Å². The summed E-state index contributed by atoms with van der Waals surface area (Å²) in [6.45, 7) is 9.71. The van der Waals surface area contributed by atoms with E-state index in [-0.39, 0.29) is 0 Å². The number of benzene rings is 3. The van der Waals surface area contributed by atoms with Crippen molar-refractivity contribution in [3.8, 4) is 22.6 Å². The number of hydrogen-bond donors (Lipinski definition) is 1. The molecule has 0 saturated heterocycles. The Hall–Kier alpha value is -4.56. The zero-order valence-corrected chi connectivity index (χ0v) is 17.5. The van der Waals surface area contributed by atoms with Gasteiger partial charge in [-0.25, -0.2) is 9.36 Å². The fourth-order valence-corrected chi connectivity index (χ4v) is 3.77. The molecule has 5 heteroatoms. The van der Waals surface area contributed by atoms with E-state index >= 15 is 0 Å². The highest BCUT2D eigenvalue weighted by Crippen LogP contribution is 2.38. The normalized spacial score (nSPS) is 10.6. The molecule has 0 saturated carbocycles. The van der Waals surface area contributed by atoms with E-state index in [2.05, 4.69) is 34.3 Å². The highest BCUT2D eigenvalue weighted by Gasteiger charge is 2.16. The van der Waals surface area contributed by atoms with Crippen molar-refractivity contribution < 1.29 is 4.74 Å². The molecule has 5 nitrogen and oxygen atoms in total. The first-order valence-electron chi connectivity index (χ1n) is 10.3. The lowest BCUT2D eigenvalue weighted by Gasteiger charge is -2.12. The first kappa shape index (κ1) is 19.4. The Balaban J connectivity index is 1.51. The molecule has 0 aliphatic rings. The maximum atomic E-state index is 7.64. The average Bonchev–Trinajstić information content (AvgIpc) is 3.18. The van der Waals surface area contributed by atoms with Crippen LogP contribution in [-0.4, -0.2) is 9.61 Å². The number of nitrogens with zero attached hydrogens (tertiary/aromatic N) is 3. The van der Waals surface area contributed by atoms with Gasteiger partial charge in [0, 0.05) is 17.4 Å². The van der Waals surface area contributed by atoms with Crippen molar-refractivity contribution in [2.45, 2.75) is 6.92 Å². The predicted octanol–water partition coefficient (Wildman–Crippen LogP) is 7.40. The molecule has 0 fully saturated rings. The molecular weight excluding hydrogens is 396 g/mol. The number of para-hydroxylation sites is 1. The minimum atomic E-state index is 0.475. The quantitative estimate of drug-likeness (QED) is 0.304. The number of aromatic nitrogens is 2. The summed E-state index contributed by atoms with van der Waals surface area (Å²) in [6, 6.07) is 27.6. The SMILES string of the molecule is [C-]#[N+]c1cnn2cc(-c3ccccc3)c(C)c2c1Nc1ccc(Oc2ccccc2)cc1. The molecule has 0 atom stereocenters. The molecule has 0 aliphatic heterocycles. The van der Waals surface area contributed by atoms with Gasteiger partial charge in [0.05, 0.1) is 24.0 Å². The second kappa shape index (κ2) is 8.29. The number of anilines is 2. The Morgan fingerprint density at radius 3 is 2.22 bits per heavy atom. The van der Waals surface area contributed by atoms with E-state index in [4.69, 9.17) is 11.3 Å². The van der Waals surface area contributed by atoms with Crippen LogP contribution >= 0.6 is 0 Å². The van der Waals surface area contributed by atoms with Gasteiger partial charge in [-0.05, 0) is 54.4 Å². The summed E-state index contributed by atoms with van der Waals surface area (Å²) >= 11 is 0. The van der Waals surface area contributed by atoms with E-state index in [9.17, 15) is 0 Å². The van der Waals surface area contributed by atoms with Gasteiger partial charge in [0.2, 0.25) is 5.69 Å². The summed E-state index contributed by atoms with van der Waals surface area (Å²) in [5.41, 5.74) is 6.26. The summed E-state index contributed by atoms with van der Waals surface area (Å²) < 4.78 is 7.71. The molecule has 1 N–H and O–H groups in total. The van der Waals surface area contributed by atoms with E-state index in [0.717, 1.165) is 45.1 Å². The van der Waals surface area contributed by atoms with Gasteiger partial charge in [-0.3, -0.25) is 0 Å². The molecule has 0 amide bonds. The van der Waals surface area contributed by atoms with Gasteiger partial charge >= 0.3 is 0 Å². The van der Waals surface area contributed by atoms with Crippen LogP contribution in [-0.2, 0) is 0 Å². The van der Waals surface area contributed by atoms with Crippen LogP contribution in [0.3, 0.4) is 0 Å². The first-order valence-corrected chi connectivity index (χ1v) is 10.3. The van der Waals surface area contributed by atoms with Crippen LogP contribution in [0.25, 0.3) is 21.5 Å². The first-order chi connectivity index (χ1) is 15.7. The van der Waals surface area contributed by atoms with Crippen LogP contribution in [0, 0.1) is 13.5 Å². The van der Waals surface area contributed by atoms with Crippen molar-refractivity contribution in [3.63, 3.8) is 0 Å². The van der Waals surface area contributed by atoms with Crippen molar-refractivity contribution >= 4 is 22.6 Å². The molecule has 154 valence electrons. The molecule has 2 heterocycles. The number of hydrogen-bond acceptors (Lipinski definition) is 3. The van der Waals surface area contributed by atoms with Gasteiger partial charge < -0.3 is 10.1 Å². The fourth-order valence-electron chi connectivity index (χ4n) is 3.77. The van der Waals surface area contributed by atoms with E-state index in [0.29, 0.717) is 5.69 Å². The number of fused-ring (bicyclic) bond motifs is 1. The largest absolute Gasteiger partial charge is 0.457 e. The van der Waals surface area contributed by atoms with Crippen LogP contribution in [0.4, 0.5) is 17.1 Å². The van der Waals surface area contributed by atoms with Crippen LogP contribution in [0.15, 0.2) is 97.3 Å². The Labute approximate surface area is 186 Å². The van der Waals surface area contributed by atoms with Crippen molar-refractivity contribution in [2.24, 2.45) is 0 Å². The Morgan fingerprint density at radius 1 is 0.875 bits per heavy atom. The van der Waals surface area contributed by atoms with Gasteiger partial charge in [-0.2, -0.15) is 5.10 Å². The van der Waals surface area contributed by atoms with Crippen molar-refractivity contribution in [1.82, 2.24) is 9.61 Å². The minimum Gasteiger partial charge on any atom is -0.457 e. The van der Waals surface area contributed by atoms with Crippen LogP contribution in [0.1, 0.15) is 5.56 Å². The Bertz CT molecular complexity index is 1420. The van der Waals surface area contributed by atoms with Crippen molar-refractivity contribution in [3.05, 3.63) is 114 Å². The minimum absolute atomic E-state index is 0.475. The molecule has 2 aromatic heterocycles. The average molecular weight is 416 g/mol. The lowest BCUT2D eigenvalue weighted by molar-refractivity contribution is 0.483. The van der Waals surface area contributed by atoms with Crippen LogP contribution in [0.2, 0.25) is 0 Å². The molecule has 0 spiro atoms. The van der Waals surface area contributed by atoms with E-state index < -0.39 is 0 Å². The monoisotopic (exact) mass is 416 g/mol. The van der Waals surface area contributed by atoms with Crippen molar-refractivity contribution in [1.29, 1.82) is 0 Å². The Kier molecular flexibility index (Phi) is 5.03. The summed E-state index contributed by atoms with van der Waals surface area (Å²) in [5.74, 6) is 1.54. The summed E-state index contributed by atoms with van der Waals surface area (Å²) in [5, 5.41) is 7.90. The van der Waals surface area contributed by atoms with Crippen molar-refractivity contribution in [2.75, 3.05) is 5.32 Å². The maximum Gasteiger partial charge on any atom is 0.231 e. The highest BCUT2D eigenvalue weighted by molar-refractivity contribution is 5.93. The zero-order valence-electron chi connectivity index (χ0n) is 17.5. The molecule has 32 heavy (non-hydrogen) atoms. The summed E-state index contributed by atoms with van der Waals surface area (Å²) in [7, 11) is 0. The smallest absolute Gasteiger partial charge is 0.231 e. The molecule has 3 aromatic carbocycles. The van der Waals surface area contributed by atoms with Gasteiger partial charge in [-0.15, -0.1) is 0 Å². The third kappa shape index (κ3) is 3.66. The summed E-state index contributed by atoms with van der Waals surface area (Å²) in [6.07, 6.45) is 3.61.